The normalized spacial score (nSPS) is 9.88. The Kier molecular flexibility index (Phi) is 3.41. The molecular formula is C13H14N4. The summed E-state index contributed by atoms with van der Waals surface area (Å²) in [5, 5.41) is 12.0. The van der Waals surface area contributed by atoms with Gasteiger partial charge >= 0.3 is 0 Å². The van der Waals surface area contributed by atoms with Crippen LogP contribution in [0.5, 0.6) is 0 Å². The molecule has 0 aliphatic carbocycles. The van der Waals surface area contributed by atoms with Crippen LogP contribution >= 0.6 is 0 Å². The van der Waals surface area contributed by atoms with E-state index in [0.29, 0.717) is 5.56 Å². The summed E-state index contributed by atoms with van der Waals surface area (Å²) < 4.78 is 2.09. The first-order chi connectivity index (χ1) is 8.33. The highest BCUT2D eigenvalue weighted by Gasteiger charge is 2.00. The highest BCUT2D eigenvalue weighted by atomic mass is 15.1. The molecule has 4 heteroatoms. The van der Waals surface area contributed by atoms with Gasteiger partial charge in [0, 0.05) is 18.4 Å². The third-order valence-corrected chi connectivity index (χ3v) is 2.63. The van der Waals surface area contributed by atoms with Crippen molar-refractivity contribution in [3.8, 4) is 6.07 Å². The Morgan fingerprint density at radius 1 is 1.35 bits per heavy atom. The van der Waals surface area contributed by atoms with Gasteiger partial charge < -0.3 is 9.88 Å². The quantitative estimate of drug-likeness (QED) is 0.870. The van der Waals surface area contributed by atoms with Gasteiger partial charge in [0.05, 0.1) is 30.2 Å². The molecule has 1 heterocycles. The van der Waals surface area contributed by atoms with Crippen molar-refractivity contribution in [1.29, 1.82) is 5.26 Å². The Balaban J connectivity index is 2.00. The van der Waals surface area contributed by atoms with Crippen molar-refractivity contribution in [2.75, 3.05) is 5.32 Å². The SMILES string of the molecule is CCn1cncc1CNc1ccc(C#N)cc1. The summed E-state index contributed by atoms with van der Waals surface area (Å²) in [6.07, 6.45) is 3.69. The van der Waals surface area contributed by atoms with E-state index in [-0.39, 0.29) is 0 Å². The third kappa shape index (κ3) is 2.64. The molecule has 0 bridgehead atoms. The summed E-state index contributed by atoms with van der Waals surface area (Å²) in [5.74, 6) is 0. The summed E-state index contributed by atoms with van der Waals surface area (Å²) in [7, 11) is 0. The molecule has 0 unspecified atom stereocenters. The zero-order valence-corrected chi connectivity index (χ0v) is 9.72. The van der Waals surface area contributed by atoms with Crippen molar-refractivity contribution < 1.29 is 0 Å². The standard InChI is InChI=1S/C13H14N4/c1-2-17-10-15-8-13(17)9-16-12-5-3-11(7-14)4-6-12/h3-6,8,10,16H,2,9H2,1H3. The van der Waals surface area contributed by atoms with E-state index < -0.39 is 0 Å². The minimum absolute atomic E-state index is 0.675. The predicted molar refractivity (Wildman–Crippen MR) is 66.4 cm³/mol. The van der Waals surface area contributed by atoms with Gasteiger partial charge in [0.2, 0.25) is 0 Å². The molecule has 0 amide bonds. The van der Waals surface area contributed by atoms with Crippen LogP contribution in [0.4, 0.5) is 5.69 Å². The number of benzene rings is 1. The molecule has 2 rings (SSSR count). The fourth-order valence-corrected chi connectivity index (χ4v) is 1.64. The number of aryl methyl sites for hydroxylation is 1. The number of hydrogen-bond donors (Lipinski definition) is 1. The number of nitrogens with zero attached hydrogens (tertiary/aromatic N) is 3. The van der Waals surface area contributed by atoms with Crippen molar-refractivity contribution in [2.24, 2.45) is 0 Å². The van der Waals surface area contributed by atoms with Crippen molar-refractivity contribution in [2.45, 2.75) is 20.0 Å². The molecule has 86 valence electrons. The monoisotopic (exact) mass is 226 g/mol. The minimum atomic E-state index is 0.675. The Morgan fingerprint density at radius 3 is 2.76 bits per heavy atom. The van der Waals surface area contributed by atoms with Gasteiger partial charge in [0.15, 0.2) is 0 Å². The predicted octanol–water partition coefficient (Wildman–Crippen LogP) is 2.39. The van der Waals surface area contributed by atoms with Crippen LogP contribution in [0.15, 0.2) is 36.8 Å². The number of rotatable bonds is 4. The Morgan fingerprint density at radius 2 is 2.12 bits per heavy atom. The van der Waals surface area contributed by atoms with E-state index >= 15 is 0 Å². The third-order valence-electron chi connectivity index (χ3n) is 2.63. The molecule has 1 aromatic carbocycles. The molecule has 0 radical (unpaired) electrons. The van der Waals surface area contributed by atoms with Crippen molar-refractivity contribution in [3.05, 3.63) is 48.0 Å². The number of anilines is 1. The highest BCUT2D eigenvalue weighted by molar-refractivity contribution is 5.47. The summed E-state index contributed by atoms with van der Waals surface area (Å²) in [5.41, 5.74) is 2.83. The molecule has 0 aliphatic rings. The molecule has 17 heavy (non-hydrogen) atoms. The second kappa shape index (κ2) is 5.17. The van der Waals surface area contributed by atoms with E-state index in [1.807, 2.05) is 24.7 Å². The van der Waals surface area contributed by atoms with Crippen molar-refractivity contribution in [1.82, 2.24) is 9.55 Å². The highest BCUT2D eigenvalue weighted by Crippen LogP contribution is 2.10. The van der Waals surface area contributed by atoms with Gasteiger partial charge in [-0.3, -0.25) is 0 Å². The van der Waals surface area contributed by atoms with Gasteiger partial charge in [-0.25, -0.2) is 4.98 Å². The van der Waals surface area contributed by atoms with Gasteiger partial charge in [0.25, 0.3) is 0 Å². The average molecular weight is 226 g/mol. The molecule has 0 aliphatic heterocycles. The maximum atomic E-state index is 8.69. The Labute approximate surface area is 101 Å². The molecule has 2 aromatic rings. The molecule has 1 N–H and O–H groups in total. The van der Waals surface area contributed by atoms with E-state index in [0.717, 1.165) is 24.5 Å². The topological polar surface area (TPSA) is 53.6 Å². The molecule has 0 atom stereocenters. The second-order valence-electron chi connectivity index (χ2n) is 3.71. The number of imidazole rings is 1. The lowest BCUT2D eigenvalue weighted by atomic mass is 10.2. The minimum Gasteiger partial charge on any atom is -0.379 e. The molecule has 0 fully saturated rings. The van der Waals surface area contributed by atoms with Crippen LogP contribution in [-0.2, 0) is 13.1 Å². The lowest BCUT2D eigenvalue weighted by Crippen LogP contribution is -2.05. The fourth-order valence-electron chi connectivity index (χ4n) is 1.64. The summed E-state index contributed by atoms with van der Waals surface area (Å²) >= 11 is 0. The molecule has 0 saturated heterocycles. The average Bonchev–Trinajstić information content (AvgIpc) is 2.84. The molecular weight excluding hydrogens is 212 g/mol. The van der Waals surface area contributed by atoms with E-state index in [4.69, 9.17) is 5.26 Å². The number of hydrogen-bond acceptors (Lipinski definition) is 3. The number of aromatic nitrogens is 2. The van der Waals surface area contributed by atoms with Crippen LogP contribution < -0.4 is 5.32 Å². The zero-order chi connectivity index (χ0) is 12.1. The van der Waals surface area contributed by atoms with Crippen LogP contribution in [0.3, 0.4) is 0 Å². The Bertz CT molecular complexity index is 519. The number of nitrogens with one attached hydrogen (secondary N) is 1. The summed E-state index contributed by atoms with van der Waals surface area (Å²) in [6.45, 7) is 3.75. The first-order valence-corrected chi connectivity index (χ1v) is 5.56. The first kappa shape index (κ1) is 11.2. The van der Waals surface area contributed by atoms with Crippen molar-refractivity contribution >= 4 is 5.69 Å². The van der Waals surface area contributed by atoms with E-state index in [9.17, 15) is 0 Å². The van der Waals surface area contributed by atoms with Crippen LogP contribution in [-0.4, -0.2) is 9.55 Å². The van der Waals surface area contributed by atoms with Crippen LogP contribution in [0.1, 0.15) is 18.2 Å². The lowest BCUT2D eigenvalue weighted by Gasteiger charge is -2.08. The van der Waals surface area contributed by atoms with E-state index in [1.165, 1.54) is 0 Å². The van der Waals surface area contributed by atoms with E-state index in [2.05, 4.69) is 27.9 Å². The lowest BCUT2D eigenvalue weighted by molar-refractivity contribution is 0.719. The van der Waals surface area contributed by atoms with Gasteiger partial charge in [-0.1, -0.05) is 0 Å². The molecule has 4 nitrogen and oxygen atoms in total. The van der Waals surface area contributed by atoms with Gasteiger partial charge in [-0.15, -0.1) is 0 Å². The maximum Gasteiger partial charge on any atom is 0.0991 e. The van der Waals surface area contributed by atoms with Crippen LogP contribution in [0, 0.1) is 11.3 Å². The van der Waals surface area contributed by atoms with Gasteiger partial charge in [-0.2, -0.15) is 5.26 Å². The van der Waals surface area contributed by atoms with Gasteiger partial charge in [0.1, 0.15) is 0 Å². The summed E-state index contributed by atoms with van der Waals surface area (Å²) in [6, 6.07) is 9.53. The number of nitriles is 1. The molecule has 0 spiro atoms. The smallest absolute Gasteiger partial charge is 0.0991 e. The van der Waals surface area contributed by atoms with Crippen molar-refractivity contribution in [3.63, 3.8) is 0 Å². The zero-order valence-electron chi connectivity index (χ0n) is 9.72. The Hall–Kier alpha value is -2.28. The van der Waals surface area contributed by atoms with Crippen LogP contribution in [0.2, 0.25) is 0 Å². The fraction of sp³-hybridized carbons (Fsp3) is 0.231. The molecule has 1 aromatic heterocycles. The molecule has 0 saturated carbocycles. The maximum absolute atomic E-state index is 8.69. The van der Waals surface area contributed by atoms with Gasteiger partial charge in [-0.05, 0) is 31.2 Å². The van der Waals surface area contributed by atoms with E-state index in [1.54, 1.807) is 12.1 Å². The first-order valence-electron chi connectivity index (χ1n) is 5.56. The van der Waals surface area contributed by atoms with Crippen LogP contribution in [0.25, 0.3) is 0 Å². The second-order valence-corrected chi connectivity index (χ2v) is 3.71. The summed E-state index contributed by atoms with van der Waals surface area (Å²) in [4.78, 5) is 4.11. The largest absolute Gasteiger partial charge is 0.379 e.